The van der Waals surface area contributed by atoms with Crippen LogP contribution in [0.15, 0.2) is 42.6 Å². The van der Waals surface area contributed by atoms with Crippen LogP contribution in [0.5, 0.6) is 0 Å². The molecule has 0 bridgehead atoms. The molecule has 0 aliphatic heterocycles. The number of carboxylic acid groups (broad SMARTS) is 1. The van der Waals surface area contributed by atoms with Crippen LogP contribution in [0.3, 0.4) is 0 Å². The number of aromatic nitrogens is 2. The van der Waals surface area contributed by atoms with Gasteiger partial charge in [-0.2, -0.15) is 5.10 Å². The van der Waals surface area contributed by atoms with Crippen molar-refractivity contribution in [3.8, 4) is 5.69 Å². The number of benzene rings is 1. The monoisotopic (exact) mass is 285 g/mol. The van der Waals surface area contributed by atoms with E-state index in [9.17, 15) is 4.79 Å². The topological polar surface area (TPSA) is 58.4 Å². The number of aliphatic carboxylic acids is 1. The van der Waals surface area contributed by atoms with Crippen LogP contribution in [0, 0.1) is 5.92 Å². The van der Waals surface area contributed by atoms with Crippen LogP contribution in [0.25, 0.3) is 5.69 Å². The molecule has 0 radical (unpaired) electrons. The van der Waals surface area contributed by atoms with Crippen molar-refractivity contribution in [2.75, 3.05) is 13.1 Å². The summed E-state index contributed by atoms with van der Waals surface area (Å²) in [6.45, 7) is 1.52. The van der Waals surface area contributed by atoms with Crippen LogP contribution in [0.4, 0.5) is 0 Å². The van der Waals surface area contributed by atoms with E-state index in [-0.39, 0.29) is 6.54 Å². The third-order valence-electron chi connectivity index (χ3n) is 3.62. The Labute approximate surface area is 123 Å². The fourth-order valence-electron chi connectivity index (χ4n) is 2.44. The Morgan fingerprint density at radius 3 is 2.71 bits per heavy atom. The number of hydrogen-bond donors (Lipinski definition) is 1. The summed E-state index contributed by atoms with van der Waals surface area (Å²) in [5.41, 5.74) is 1.91. The van der Waals surface area contributed by atoms with Crippen LogP contribution in [-0.4, -0.2) is 38.8 Å². The second-order valence-corrected chi connectivity index (χ2v) is 5.59. The van der Waals surface area contributed by atoms with Crippen molar-refractivity contribution in [1.82, 2.24) is 14.7 Å². The molecule has 1 saturated carbocycles. The summed E-state index contributed by atoms with van der Waals surface area (Å²) in [6, 6.07) is 11.9. The van der Waals surface area contributed by atoms with E-state index in [1.165, 1.54) is 12.8 Å². The highest BCUT2D eigenvalue weighted by Gasteiger charge is 2.25. The van der Waals surface area contributed by atoms with Gasteiger partial charge in [-0.25, -0.2) is 4.68 Å². The second kappa shape index (κ2) is 6.10. The number of para-hydroxylation sites is 1. The van der Waals surface area contributed by atoms with E-state index in [0.29, 0.717) is 12.5 Å². The average molecular weight is 285 g/mol. The fraction of sp³-hybridized carbons (Fsp3) is 0.375. The minimum atomic E-state index is -0.779. The third kappa shape index (κ3) is 3.92. The molecule has 1 aromatic heterocycles. The number of rotatable bonds is 7. The lowest BCUT2D eigenvalue weighted by molar-refractivity contribution is -0.138. The van der Waals surface area contributed by atoms with Crippen molar-refractivity contribution in [1.29, 1.82) is 0 Å². The van der Waals surface area contributed by atoms with Gasteiger partial charge >= 0.3 is 5.97 Å². The highest BCUT2D eigenvalue weighted by Crippen LogP contribution is 2.30. The van der Waals surface area contributed by atoms with Crippen molar-refractivity contribution < 1.29 is 9.90 Å². The van der Waals surface area contributed by atoms with Gasteiger partial charge in [0.1, 0.15) is 0 Å². The maximum atomic E-state index is 11.0. The minimum Gasteiger partial charge on any atom is -0.480 e. The van der Waals surface area contributed by atoms with Crippen molar-refractivity contribution in [3.05, 3.63) is 48.3 Å². The molecule has 0 atom stereocenters. The Morgan fingerprint density at radius 1 is 1.29 bits per heavy atom. The Kier molecular flexibility index (Phi) is 4.01. The summed E-state index contributed by atoms with van der Waals surface area (Å²) in [6.07, 6.45) is 4.35. The SMILES string of the molecule is O=C(O)CN(Cc1ccn(-c2ccccc2)n1)CC1CC1. The van der Waals surface area contributed by atoms with Gasteiger partial charge in [0.15, 0.2) is 0 Å². The Balaban J connectivity index is 1.68. The van der Waals surface area contributed by atoms with E-state index >= 15 is 0 Å². The maximum Gasteiger partial charge on any atom is 0.317 e. The van der Waals surface area contributed by atoms with Crippen LogP contribution in [0.2, 0.25) is 0 Å². The molecule has 1 aliphatic carbocycles. The van der Waals surface area contributed by atoms with Crippen molar-refractivity contribution in [2.45, 2.75) is 19.4 Å². The Morgan fingerprint density at radius 2 is 2.05 bits per heavy atom. The van der Waals surface area contributed by atoms with Crippen LogP contribution < -0.4 is 0 Å². The first-order valence-corrected chi connectivity index (χ1v) is 7.25. The molecule has 3 rings (SSSR count). The molecule has 0 saturated heterocycles. The third-order valence-corrected chi connectivity index (χ3v) is 3.62. The smallest absolute Gasteiger partial charge is 0.317 e. The number of hydrogen-bond acceptors (Lipinski definition) is 3. The van der Waals surface area contributed by atoms with Gasteiger partial charge in [-0.1, -0.05) is 18.2 Å². The molecule has 2 aromatic rings. The van der Waals surface area contributed by atoms with Gasteiger partial charge in [0.05, 0.1) is 17.9 Å². The lowest BCUT2D eigenvalue weighted by atomic mass is 10.3. The van der Waals surface area contributed by atoms with Crippen LogP contribution in [0.1, 0.15) is 18.5 Å². The van der Waals surface area contributed by atoms with Gasteiger partial charge in [-0.05, 0) is 37.0 Å². The van der Waals surface area contributed by atoms with E-state index < -0.39 is 5.97 Å². The lowest BCUT2D eigenvalue weighted by Gasteiger charge is -2.18. The molecule has 1 aliphatic rings. The van der Waals surface area contributed by atoms with Crippen molar-refractivity contribution in [2.24, 2.45) is 5.92 Å². The van der Waals surface area contributed by atoms with Gasteiger partial charge in [-0.3, -0.25) is 9.69 Å². The van der Waals surface area contributed by atoms with E-state index in [1.54, 1.807) is 0 Å². The summed E-state index contributed by atoms with van der Waals surface area (Å²) in [4.78, 5) is 12.9. The van der Waals surface area contributed by atoms with E-state index in [2.05, 4.69) is 5.10 Å². The molecule has 1 aromatic carbocycles. The predicted octanol–water partition coefficient (Wildman–Crippen LogP) is 2.17. The summed E-state index contributed by atoms with van der Waals surface area (Å²) in [5, 5.41) is 13.5. The average Bonchev–Trinajstić information content (AvgIpc) is 3.15. The van der Waals surface area contributed by atoms with Crippen LogP contribution >= 0.6 is 0 Å². The van der Waals surface area contributed by atoms with E-state index in [0.717, 1.165) is 17.9 Å². The summed E-state index contributed by atoms with van der Waals surface area (Å²) >= 11 is 0. The van der Waals surface area contributed by atoms with Crippen molar-refractivity contribution in [3.63, 3.8) is 0 Å². The molecule has 1 heterocycles. The van der Waals surface area contributed by atoms with Gasteiger partial charge in [0.25, 0.3) is 0 Å². The first-order chi connectivity index (χ1) is 10.2. The van der Waals surface area contributed by atoms with E-state index in [4.69, 9.17) is 5.11 Å². The molecule has 5 heteroatoms. The zero-order valence-corrected chi connectivity index (χ0v) is 11.9. The Hall–Kier alpha value is -2.14. The Bertz CT molecular complexity index is 605. The number of carboxylic acids is 1. The highest BCUT2D eigenvalue weighted by molar-refractivity contribution is 5.69. The number of nitrogens with zero attached hydrogens (tertiary/aromatic N) is 3. The highest BCUT2D eigenvalue weighted by atomic mass is 16.4. The second-order valence-electron chi connectivity index (χ2n) is 5.59. The molecule has 0 unspecified atom stereocenters. The standard InChI is InChI=1S/C16H19N3O2/c20-16(21)12-18(10-13-6-7-13)11-14-8-9-19(17-14)15-4-2-1-3-5-15/h1-5,8-9,13H,6-7,10-12H2,(H,20,21). The van der Waals surface area contributed by atoms with E-state index in [1.807, 2.05) is 52.2 Å². The van der Waals surface area contributed by atoms with Gasteiger partial charge in [0.2, 0.25) is 0 Å². The molecule has 0 spiro atoms. The van der Waals surface area contributed by atoms with Crippen molar-refractivity contribution >= 4 is 5.97 Å². The largest absolute Gasteiger partial charge is 0.480 e. The predicted molar refractivity (Wildman–Crippen MR) is 79.2 cm³/mol. The molecule has 5 nitrogen and oxygen atoms in total. The molecule has 1 fully saturated rings. The zero-order valence-electron chi connectivity index (χ0n) is 11.9. The fourth-order valence-corrected chi connectivity index (χ4v) is 2.44. The zero-order chi connectivity index (χ0) is 14.7. The lowest BCUT2D eigenvalue weighted by Crippen LogP contribution is -2.31. The normalized spacial score (nSPS) is 14.5. The first-order valence-electron chi connectivity index (χ1n) is 7.25. The molecular formula is C16H19N3O2. The summed E-state index contributed by atoms with van der Waals surface area (Å²) in [5.74, 6) is -0.112. The molecule has 0 amide bonds. The minimum absolute atomic E-state index is 0.0781. The quantitative estimate of drug-likeness (QED) is 0.847. The summed E-state index contributed by atoms with van der Waals surface area (Å²) in [7, 11) is 0. The first kappa shape index (κ1) is 13.8. The molecule has 21 heavy (non-hydrogen) atoms. The maximum absolute atomic E-state index is 11.0. The number of carbonyl (C=O) groups is 1. The molecule has 110 valence electrons. The molecule has 1 N–H and O–H groups in total. The summed E-state index contributed by atoms with van der Waals surface area (Å²) < 4.78 is 1.82. The van der Waals surface area contributed by atoms with Gasteiger partial charge < -0.3 is 5.11 Å². The van der Waals surface area contributed by atoms with Crippen LogP contribution in [-0.2, 0) is 11.3 Å². The van der Waals surface area contributed by atoms with Gasteiger partial charge in [0, 0.05) is 19.3 Å². The van der Waals surface area contributed by atoms with Gasteiger partial charge in [-0.15, -0.1) is 0 Å². The molecular weight excluding hydrogens is 266 g/mol.